The molecule has 2 heterocycles. The van der Waals surface area contributed by atoms with Gasteiger partial charge in [0.2, 0.25) is 0 Å². The minimum Gasteiger partial charge on any atom is -0.462 e. The van der Waals surface area contributed by atoms with Crippen molar-refractivity contribution in [3.8, 4) is 0 Å². The summed E-state index contributed by atoms with van der Waals surface area (Å²) in [7, 11) is 0. The van der Waals surface area contributed by atoms with E-state index in [0.717, 1.165) is 23.9 Å². The Labute approximate surface area is 124 Å². The fourth-order valence-electron chi connectivity index (χ4n) is 2.39. The van der Waals surface area contributed by atoms with Gasteiger partial charge in [-0.05, 0) is 25.3 Å². The number of aromatic nitrogens is 1. The summed E-state index contributed by atoms with van der Waals surface area (Å²) >= 11 is 0. The van der Waals surface area contributed by atoms with E-state index < -0.39 is 0 Å². The van der Waals surface area contributed by atoms with Crippen LogP contribution in [0, 0.1) is 0 Å². The zero-order valence-electron chi connectivity index (χ0n) is 11.9. The zero-order valence-corrected chi connectivity index (χ0v) is 11.9. The predicted molar refractivity (Wildman–Crippen MR) is 82.5 cm³/mol. The molecule has 0 aliphatic carbocycles. The fourth-order valence-corrected chi connectivity index (χ4v) is 2.39. The van der Waals surface area contributed by atoms with Crippen molar-refractivity contribution in [2.45, 2.75) is 19.8 Å². The maximum absolute atomic E-state index is 11.7. The number of furan rings is 1. The first-order chi connectivity index (χ1) is 10.3. The molecule has 3 aromatic rings. The van der Waals surface area contributed by atoms with Crippen molar-refractivity contribution >= 4 is 17.1 Å². The highest BCUT2D eigenvalue weighted by Crippen LogP contribution is 2.23. The van der Waals surface area contributed by atoms with Crippen LogP contribution < -0.4 is 0 Å². The second-order valence-corrected chi connectivity index (χ2v) is 4.89. The average Bonchev–Trinajstić information content (AvgIpc) is 3.07. The highest BCUT2D eigenvalue weighted by atomic mass is 16.5. The standard InChI is InChI=1S/C17H17NO3.H2/c1-2-20-17(19)14-10-15-16(18-14)13(11-21-15)9-8-12-6-4-3-5-7-12;/h3-7,10-11,18H,2,8-9H2,1H3;1H. The Morgan fingerprint density at radius 2 is 2.10 bits per heavy atom. The molecule has 0 saturated carbocycles. The molecule has 0 bridgehead atoms. The van der Waals surface area contributed by atoms with Crippen LogP contribution in [0.25, 0.3) is 11.1 Å². The third-order valence-corrected chi connectivity index (χ3v) is 3.45. The second-order valence-electron chi connectivity index (χ2n) is 4.89. The maximum atomic E-state index is 11.7. The van der Waals surface area contributed by atoms with E-state index in [4.69, 9.17) is 9.15 Å². The van der Waals surface area contributed by atoms with Crippen molar-refractivity contribution in [2.24, 2.45) is 0 Å². The smallest absolute Gasteiger partial charge is 0.354 e. The highest BCUT2D eigenvalue weighted by Gasteiger charge is 2.15. The van der Waals surface area contributed by atoms with Crippen LogP contribution in [-0.4, -0.2) is 17.6 Å². The zero-order chi connectivity index (χ0) is 14.7. The van der Waals surface area contributed by atoms with Gasteiger partial charge in [-0.1, -0.05) is 30.3 Å². The molecule has 0 amide bonds. The van der Waals surface area contributed by atoms with E-state index in [-0.39, 0.29) is 7.40 Å². The summed E-state index contributed by atoms with van der Waals surface area (Å²) in [5.41, 5.74) is 4.37. The third-order valence-electron chi connectivity index (χ3n) is 3.45. The molecule has 110 valence electrons. The van der Waals surface area contributed by atoms with E-state index in [1.54, 1.807) is 19.3 Å². The molecule has 3 rings (SSSR count). The Morgan fingerprint density at radius 1 is 1.29 bits per heavy atom. The Kier molecular flexibility index (Phi) is 3.77. The van der Waals surface area contributed by atoms with Crippen LogP contribution in [0.5, 0.6) is 0 Å². The first kappa shape index (κ1) is 13.5. The number of ether oxygens (including phenoxy) is 1. The number of hydrogen-bond donors (Lipinski definition) is 1. The van der Waals surface area contributed by atoms with Crippen molar-refractivity contribution in [2.75, 3.05) is 6.61 Å². The third kappa shape index (κ3) is 2.84. The van der Waals surface area contributed by atoms with Crippen molar-refractivity contribution in [3.05, 3.63) is 59.5 Å². The molecule has 21 heavy (non-hydrogen) atoms. The monoisotopic (exact) mass is 285 g/mol. The number of benzene rings is 1. The van der Waals surface area contributed by atoms with Gasteiger partial charge in [-0.3, -0.25) is 0 Å². The second kappa shape index (κ2) is 5.87. The van der Waals surface area contributed by atoms with Gasteiger partial charge in [-0.15, -0.1) is 0 Å². The predicted octanol–water partition coefficient (Wildman–Crippen LogP) is 3.97. The van der Waals surface area contributed by atoms with Crippen LogP contribution in [0.3, 0.4) is 0 Å². The van der Waals surface area contributed by atoms with Gasteiger partial charge in [0.15, 0.2) is 5.58 Å². The molecular formula is C17H19NO3. The molecule has 0 spiro atoms. The number of carbonyl (C=O) groups excluding carboxylic acids is 1. The largest absolute Gasteiger partial charge is 0.462 e. The normalized spacial score (nSPS) is 10.9. The van der Waals surface area contributed by atoms with Gasteiger partial charge in [0, 0.05) is 13.1 Å². The van der Waals surface area contributed by atoms with Crippen LogP contribution >= 0.6 is 0 Å². The Hall–Kier alpha value is -2.49. The van der Waals surface area contributed by atoms with E-state index in [1.165, 1.54) is 5.56 Å². The first-order valence-corrected chi connectivity index (χ1v) is 7.08. The molecule has 0 fully saturated rings. The lowest BCUT2D eigenvalue weighted by Crippen LogP contribution is -2.04. The van der Waals surface area contributed by atoms with Crippen LogP contribution in [0.4, 0.5) is 0 Å². The van der Waals surface area contributed by atoms with E-state index in [2.05, 4.69) is 17.1 Å². The van der Waals surface area contributed by atoms with E-state index >= 15 is 0 Å². The summed E-state index contributed by atoms with van der Waals surface area (Å²) < 4.78 is 10.5. The van der Waals surface area contributed by atoms with Gasteiger partial charge in [-0.2, -0.15) is 0 Å². The summed E-state index contributed by atoms with van der Waals surface area (Å²) in [5, 5.41) is 0. The number of aromatic amines is 1. The molecule has 0 unspecified atom stereocenters. The lowest BCUT2D eigenvalue weighted by molar-refractivity contribution is 0.0520. The molecule has 4 heteroatoms. The number of nitrogens with one attached hydrogen (secondary N) is 1. The lowest BCUT2D eigenvalue weighted by atomic mass is 10.1. The topological polar surface area (TPSA) is 55.2 Å². The number of rotatable bonds is 5. The minimum absolute atomic E-state index is 0. The molecule has 2 aromatic heterocycles. The molecule has 1 aromatic carbocycles. The SMILES string of the molecule is CCOC(=O)c1cc2occ(CCc3ccccc3)c2[nH]1.[HH]. The Bertz CT molecular complexity index is 746. The van der Waals surface area contributed by atoms with Gasteiger partial charge in [0.1, 0.15) is 5.69 Å². The van der Waals surface area contributed by atoms with E-state index in [0.29, 0.717) is 17.9 Å². The average molecular weight is 285 g/mol. The molecule has 0 saturated heterocycles. The molecule has 1 N–H and O–H groups in total. The van der Waals surface area contributed by atoms with Crippen molar-refractivity contribution in [1.29, 1.82) is 0 Å². The van der Waals surface area contributed by atoms with E-state index in [9.17, 15) is 4.79 Å². The van der Waals surface area contributed by atoms with Gasteiger partial charge in [-0.25, -0.2) is 4.79 Å². The van der Waals surface area contributed by atoms with E-state index in [1.807, 2.05) is 18.2 Å². The van der Waals surface area contributed by atoms with Gasteiger partial charge >= 0.3 is 5.97 Å². The molecule has 0 aliphatic heterocycles. The number of esters is 1. The van der Waals surface area contributed by atoms with Crippen LogP contribution in [0.1, 0.15) is 30.0 Å². The van der Waals surface area contributed by atoms with Gasteiger partial charge in [0.05, 0.1) is 18.4 Å². The number of hydrogen-bond acceptors (Lipinski definition) is 3. The highest BCUT2D eigenvalue weighted by molar-refractivity contribution is 5.93. The number of H-pyrrole nitrogens is 1. The number of fused-ring (bicyclic) bond motifs is 1. The van der Waals surface area contributed by atoms with Crippen molar-refractivity contribution in [3.63, 3.8) is 0 Å². The van der Waals surface area contributed by atoms with Crippen LogP contribution in [0.2, 0.25) is 0 Å². The summed E-state index contributed by atoms with van der Waals surface area (Å²) in [6.45, 7) is 2.15. The summed E-state index contributed by atoms with van der Waals surface area (Å²) in [6, 6.07) is 12.0. The van der Waals surface area contributed by atoms with Crippen molar-refractivity contribution < 1.29 is 15.4 Å². The summed E-state index contributed by atoms with van der Waals surface area (Å²) in [6.07, 6.45) is 3.54. The molecular weight excluding hydrogens is 266 g/mol. The number of aryl methyl sites for hydroxylation is 2. The fraction of sp³-hybridized carbons (Fsp3) is 0.235. The van der Waals surface area contributed by atoms with Gasteiger partial charge in [0.25, 0.3) is 0 Å². The van der Waals surface area contributed by atoms with Crippen LogP contribution in [-0.2, 0) is 17.6 Å². The van der Waals surface area contributed by atoms with Crippen molar-refractivity contribution in [1.82, 2.24) is 4.98 Å². The summed E-state index contributed by atoms with van der Waals surface area (Å²) in [5.74, 6) is -0.349. The molecule has 0 radical (unpaired) electrons. The quantitative estimate of drug-likeness (QED) is 0.722. The maximum Gasteiger partial charge on any atom is 0.354 e. The Balaban J connectivity index is 0.00000176. The van der Waals surface area contributed by atoms with Gasteiger partial charge < -0.3 is 14.1 Å². The molecule has 0 atom stereocenters. The minimum atomic E-state index is -0.349. The molecule has 0 aliphatic rings. The lowest BCUT2D eigenvalue weighted by Gasteiger charge is -2.00. The summed E-state index contributed by atoms with van der Waals surface area (Å²) in [4.78, 5) is 14.8. The Morgan fingerprint density at radius 3 is 2.86 bits per heavy atom. The van der Waals surface area contributed by atoms with Crippen LogP contribution in [0.15, 0.2) is 47.1 Å². The molecule has 4 nitrogen and oxygen atoms in total. The number of carbonyl (C=O) groups is 1. The first-order valence-electron chi connectivity index (χ1n) is 7.08.